The average Bonchev–Trinajstić information content (AvgIpc) is 2.15. The minimum Gasteiger partial charge on any atom is -0.478 e. The van der Waals surface area contributed by atoms with Gasteiger partial charge in [0.05, 0.1) is 0 Å². The molecule has 0 aromatic rings. The molecular weight excluding hydrogens is 192 g/mol. The molecule has 0 saturated carbocycles. The van der Waals surface area contributed by atoms with Crippen molar-refractivity contribution in [3.8, 4) is 0 Å². The van der Waals surface area contributed by atoms with E-state index in [1.807, 2.05) is 0 Å². The van der Waals surface area contributed by atoms with Crippen molar-refractivity contribution < 1.29 is 14.7 Å². The molecule has 0 aromatic heterocycles. The highest BCUT2D eigenvalue weighted by Crippen LogP contribution is 2.11. The number of hydrogen-bond acceptors (Lipinski definition) is 2. The van der Waals surface area contributed by atoms with Crippen molar-refractivity contribution in [1.29, 1.82) is 0 Å². The molecule has 0 aliphatic rings. The zero-order valence-electron chi connectivity index (χ0n) is 9.58. The second kappa shape index (κ2) is 8.21. The van der Waals surface area contributed by atoms with Crippen LogP contribution in [0.5, 0.6) is 0 Å². The number of allylic oxidation sites excluding steroid dienone is 1. The van der Waals surface area contributed by atoms with E-state index in [9.17, 15) is 9.59 Å². The number of unbranched alkanes of at least 4 members (excludes halogenated alkanes) is 4. The smallest absolute Gasteiger partial charge is 0.328 e. The molecule has 0 rings (SSSR count). The van der Waals surface area contributed by atoms with Crippen molar-refractivity contribution in [2.45, 2.75) is 52.4 Å². The third-order valence-corrected chi connectivity index (χ3v) is 2.30. The standard InChI is InChI=1S/C12H20O3/c1-3-4-5-6-7-8-11(10(2)13)9-12(14)15/h9H,3-8H2,1-2H3,(H,14,15)/b11-9-. The lowest BCUT2D eigenvalue weighted by Crippen LogP contribution is -2.01. The van der Waals surface area contributed by atoms with Crippen LogP contribution in [0.2, 0.25) is 0 Å². The zero-order valence-corrected chi connectivity index (χ0v) is 9.58. The van der Waals surface area contributed by atoms with E-state index in [0.29, 0.717) is 12.0 Å². The molecule has 0 amide bonds. The molecule has 0 unspecified atom stereocenters. The van der Waals surface area contributed by atoms with Crippen LogP contribution in [0.15, 0.2) is 11.6 Å². The highest BCUT2D eigenvalue weighted by molar-refractivity contribution is 5.98. The Morgan fingerprint density at radius 1 is 1.13 bits per heavy atom. The number of ketones is 1. The van der Waals surface area contributed by atoms with Crippen molar-refractivity contribution in [3.63, 3.8) is 0 Å². The molecular formula is C12H20O3. The summed E-state index contributed by atoms with van der Waals surface area (Å²) in [5.41, 5.74) is 0.430. The van der Waals surface area contributed by atoms with E-state index in [-0.39, 0.29) is 5.78 Å². The highest BCUT2D eigenvalue weighted by atomic mass is 16.4. The molecule has 0 spiro atoms. The summed E-state index contributed by atoms with van der Waals surface area (Å²) in [4.78, 5) is 21.5. The van der Waals surface area contributed by atoms with Crippen molar-refractivity contribution in [1.82, 2.24) is 0 Å². The topological polar surface area (TPSA) is 54.4 Å². The van der Waals surface area contributed by atoms with E-state index >= 15 is 0 Å². The maximum atomic E-state index is 11.1. The zero-order chi connectivity index (χ0) is 11.7. The molecule has 3 nitrogen and oxygen atoms in total. The summed E-state index contributed by atoms with van der Waals surface area (Å²) in [6.07, 6.45) is 7.14. The fraction of sp³-hybridized carbons (Fsp3) is 0.667. The van der Waals surface area contributed by atoms with Crippen LogP contribution in [0.25, 0.3) is 0 Å². The van der Waals surface area contributed by atoms with E-state index in [1.54, 1.807) is 0 Å². The van der Waals surface area contributed by atoms with Gasteiger partial charge in [-0.25, -0.2) is 4.79 Å². The van der Waals surface area contributed by atoms with E-state index in [1.165, 1.54) is 19.8 Å². The van der Waals surface area contributed by atoms with Crippen LogP contribution in [0.3, 0.4) is 0 Å². The van der Waals surface area contributed by atoms with E-state index in [0.717, 1.165) is 25.3 Å². The van der Waals surface area contributed by atoms with Crippen LogP contribution in [0, 0.1) is 0 Å². The molecule has 0 aromatic carbocycles. The van der Waals surface area contributed by atoms with Crippen molar-refractivity contribution >= 4 is 11.8 Å². The SMILES string of the molecule is CCCCCCC/C(=C/C(=O)O)C(C)=O. The Hall–Kier alpha value is -1.12. The molecule has 0 heterocycles. The molecule has 0 aliphatic heterocycles. The molecule has 0 saturated heterocycles. The largest absolute Gasteiger partial charge is 0.478 e. The fourth-order valence-electron chi connectivity index (χ4n) is 1.42. The third-order valence-electron chi connectivity index (χ3n) is 2.30. The Morgan fingerprint density at radius 3 is 2.20 bits per heavy atom. The Morgan fingerprint density at radius 2 is 1.73 bits per heavy atom. The van der Waals surface area contributed by atoms with Crippen LogP contribution in [0.4, 0.5) is 0 Å². The van der Waals surface area contributed by atoms with Gasteiger partial charge in [-0.15, -0.1) is 0 Å². The predicted molar refractivity (Wildman–Crippen MR) is 59.8 cm³/mol. The van der Waals surface area contributed by atoms with Gasteiger partial charge in [-0.1, -0.05) is 32.6 Å². The van der Waals surface area contributed by atoms with Gasteiger partial charge in [0.2, 0.25) is 0 Å². The van der Waals surface area contributed by atoms with Gasteiger partial charge < -0.3 is 5.11 Å². The second-order valence-electron chi connectivity index (χ2n) is 3.73. The van der Waals surface area contributed by atoms with Crippen molar-refractivity contribution in [3.05, 3.63) is 11.6 Å². The Bertz CT molecular complexity index is 241. The van der Waals surface area contributed by atoms with Crippen LogP contribution in [-0.4, -0.2) is 16.9 Å². The molecule has 0 atom stereocenters. The maximum absolute atomic E-state index is 11.1. The number of carbonyl (C=O) groups is 2. The van der Waals surface area contributed by atoms with Gasteiger partial charge in [0.25, 0.3) is 0 Å². The number of carboxylic acids is 1. The minimum absolute atomic E-state index is 0.132. The number of rotatable bonds is 8. The van der Waals surface area contributed by atoms with Crippen molar-refractivity contribution in [2.75, 3.05) is 0 Å². The summed E-state index contributed by atoms with van der Waals surface area (Å²) in [6, 6.07) is 0. The van der Waals surface area contributed by atoms with Gasteiger partial charge in [0.1, 0.15) is 0 Å². The van der Waals surface area contributed by atoms with E-state index in [4.69, 9.17) is 5.11 Å². The number of carboxylic acid groups (broad SMARTS) is 1. The minimum atomic E-state index is -1.03. The molecule has 0 aliphatic carbocycles. The Balaban J connectivity index is 3.88. The molecule has 15 heavy (non-hydrogen) atoms. The first-order valence-corrected chi connectivity index (χ1v) is 5.52. The summed E-state index contributed by atoms with van der Waals surface area (Å²) in [5.74, 6) is -1.17. The Kier molecular flexibility index (Phi) is 7.60. The second-order valence-corrected chi connectivity index (χ2v) is 3.73. The van der Waals surface area contributed by atoms with Gasteiger partial charge in [-0.3, -0.25) is 4.79 Å². The predicted octanol–water partition coefficient (Wildman–Crippen LogP) is 2.95. The van der Waals surface area contributed by atoms with Crippen molar-refractivity contribution in [2.24, 2.45) is 0 Å². The van der Waals surface area contributed by atoms with E-state index in [2.05, 4.69) is 6.92 Å². The van der Waals surface area contributed by atoms with Gasteiger partial charge in [-0.05, 0) is 19.8 Å². The molecule has 0 bridgehead atoms. The number of aliphatic carboxylic acids is 1. The fourth-order valence-corrected chi connectivity index (χ4v) is 1.42. The lowest BCUT2D eigenvalue weighted by Gasteiger charge is -2.02. The molecule has 3 heteroatoms. The van der Waals surface area contributed by atoms with Gasteiger partial charge >= 0.3 is 5.97 Å². The maximum Gasteiger partial charge on any atom is 0.328 e. The number of hydrogen-bond donors (Lipinski definition) is 1. The normalized spacial score (nSPS) is 11.5. The lowest BCUT2D eigenvalue weighted by molar-refractivity contribution is -0.131. The number of carbonyl (C=O) groups excluding carboxylic acids is 1. The highest BCUT2D eigenvalue weighted by Gasteiger charge is 2.05. The van der Waals surface area contributed by atoms with Crippen LogP contribution < -0.4 is 0 Å². The monoisotopic (exact) mass is 212 g/mol. The molecule has 86 valence electrons. The molecule has 1 N–H and O–H groups in total. The molecule has 0 radical (unpaired) electrons. The average molecular weight is 212 g/mol. The summed E-state index contributed by atoms with van der Waals surface area (Å²) in [5, 5.41) is 8.54. The lowest BCUT2D eigenvalue weighted by atomic mass is 10.0. The van der Waals surface area contributed by atoms with Gasteiger partial charge in [-0.2, -0.15) is 0 Å². The molecule has 0 fully saturated rings. The first kappa shape index (κ1) is 13.9. The van der Waals surface area contributed by atoms with Crippen LogP contribution >= 0.6 is 0 Å². The van der Waals surface area contributed by atoms with Crippen LogP contribution in [-0.2, 0) is 9.59 Å². The third kappa shape index (κ3) is 7.91. The quantitative estimate of drug-likeness (QED) is 0.497. The van der Waals surface area contributed by atoms with Gasteiger partial charge in [0, 0.05) is 11.6 Å². The number of Topliss-reactive ketones (excluding diaryl/α,β-unsaturated/α-hetero) is 1. The summed E-state index contributed by atoms with van der Waals surface area (Å²) >= 11 is 0. The van der Waals surface area contributed by atoms with Gasteiger partial charge in [0.15, 0.2) is 5.78 Å². The Labute approximate surface area is 91.2 Å². The summed E-state index contributed by atoms with van der Waals surface area (Å²) in [7, 11) is 0. The van der Waals surface area contributed by atoms with Crippen LogP contribution in [0.1, 0.15) is 52.4 Å². The first-order valence-electron chi connectivity index (χ1n) is 5.52. The summed E-state index contributed by atoms with van der Waals surface area (Å²) in [6.45, 7) is 3.56. The summed E-state index contributed by atoms with van der Waals surface area (Å²) < 4.78 is 0. The van der Waals surface area contributed by atoms with E-state index < -0.39 is 5.97 Å². The first-order chi connectivity index (χ1) is 7.07.